The number of nitrogens with one attached hydrogen (secondary N) is 2. The van der Waals surface area contributed by atoms with Gasteiger partial charge in [-0.3, -0.25) is 0 Å². The van der Waals surface area contributed by atoms with Gasteiger partial charge in [-0.25, -0.2) is 4.79 Å². The molecule has 0 unspecified atom stereocenters. The summed E-state index contributed by atoms with van der Waals surface area (Å²) in [6.45, 7) is 3.68. The lowest BCUT2D eigenvalue weighted by Crippen LogP contribution is -2.30. The largest absolute Gasteiger partial charge is 0.494 e. The van der Waals surface area contributed by atoms with Crippen LogP contribution < -0.4 is 20.1 Å². The van der Waals surface area contributed by atoms with Gasteiger partial charge in [0.2, 0.25) is 0 Å². The number of benzene rings is 3. The molecule has 2 N–H and O–H groups in total. The first-order valence-electron chi connectivity index (χ1n) is 9.76. The van der Waals surface area contributed by atoms with E-state index in [-0.39, 0.29) is 6.03 Å². The molecule has 0 spiro atoms. The van der Waals surface area contributed by atoms with Crippen LogP contribution in [0.1, 0.15) is 18.1 Å². The number of carbonyl (C=O) groups excluding carboxylic acids is 1. The van der Waals surface area contributed by atoms with Gasteiger partial charge < -0.3 is 20.1 Å². The van der Waals surface area contributed by atoms with Crippen molar-refractivity contribution in [2.75, 3.05) is 18.5 Å². The quantitative estimate of drug-likeness (QED) is 0.539. The Balaban J connectivity index is 1.38. The molecular weight excluding hydrogens is 364 g/mol. The average Bonchev–Trinajstić information content (AvgIpc) is 2.75. The Morgan fingerprint density at radius 1 is 0.793 bits per heavy atom. The van der Waals surface area contributed by atoms with E-state index in [1.54, 1.807) is 0 Å². The summed E-state index contributed by atoms with van der Waals surface area (Å²) in [6, 6.07) is 25.0. The molecule has 0 heterocycles. The van der Waals surface area contributed by atoms with Crippen molar-refractivity contribution in [2.24, 2.45) is 0 Å². The van der Waals surface area contributed by atoms with Crippen molar-refractivity contribution in [1.82, 2.24) is 5.32 Å². The van der Waals surface area contributed by atoms with Gasteiger partial charge in [0.15, 0.2) is 0 Å². The number of hydrogen-bond donors (Lipinski definition) is 2. The Kier molecular flexibility index (Phi) is 7.52. The summed E-state index contributed by atoms with van der Waals surface area (Å²) in [7, 11) is 0. The highest BCUT2D eigenvalue weighted by Crippen LogP contribution is 2.17. The van der Waals surface area contributed by atoms with Gasteiger partial charge in [0, 0.05) is 12.2 Å². The third-order valence-corrected chi connectivity index (χ3v) is 4.29. The highest BCUT2D eigenvalue weighted by atomic mass is 16.5. The van der Waals surface area contributed by atoms with Crippen LogP contribution in [0.2, 0.25) is 0 Å². The molecule has 0 aliphatic rings. The first kappa shape index (κ1) is 20.3. The predicted octanol–water partition coefficient (Wildman–Crippen LogP) is 5.03. The zero-order valence-electron chi connectivity index (χ0n) is 16.6. The molecule has 0 fully saturated rings. The van der Waals surface area contributed by atoms with Crippen LogP contribution in [-0.2, 0) is 13.0 Å². The van der Waals surface area contributed by atoms with Gasteiger partial charge >= 0.3 is 6.03 Å². The molecule has 3 aromatic rings. The number of hydrogen-bond acceptors (Lipinski definition) is 3. The Labute approximate surface area is 171 Å². The number of anilines is 1. The maximum Gasteiger partial charge on any atom is 0.319 e. The second-order valence-electron chi connectivity index (χ2n) is 6.51. The number of ether oxygens (including phenoxy) is 2. The van der Waals surface area contributed by atoms with Crippen LogP contribution in [0.25, 0.3) is 0 Å². The van der Waals surface area contributed by atoms with Crippen LogP contribution in [0.3, 0.4) is 0 Å². The average molecular weight is 390 g/mol. The molecule has 0 saturated carbocycles. The lowest BCUT2D eigenvalue weighted by Gasteiger charge is -2.10. The normalized spacial score (nSPS) is 10.2. The van der Waals surface area contributed by atoms with Crippen LogP contribution in [0.15, 0.2) is 78.9 Å². The lowest BCUT2D eigenvalue weighted by molar-refractivity contribution is 0.252. The molecule has 150 valence electrons. The molecule has 5 nitrogen and oxygen atoms in total. The van der Waals surface area contributed by atoms with Crippen molar-refractivity contribution in [1.29, 1.82) is 0 Å². The predicted molar refractivity (Wildman–Crippen MR) is 116 cm³/mol. The van der Waals surface area contributed by atoms with Crippen molar-refractivity contribution in [2.45, 2.75) is 20.0 Å². The van der Waals surface area contributed by atoms with E-state index in [9.17, 15) is 4.79 Å². The Hall–Kier alpha value is -3.47. The molecule has 0 aromatic heterocycles. The first-order chi connectivity index (χ1) is 14.2. The summed E-state index contributed by atoms with van der Waals surface area (Å²) >= 11 is 0. The summed E-state index contributed by atoms with van der Waals surface area (Å²) in [5.74, 6) is 1.62. The van der Waals surface area contributed by atoms with E-state index in [1.807, 2.05) is 85.8 Å². The Morgan fingerprint density at radius 2 is 1.45 bits per heavy atom. The van der Waals surface area contributed by atoms with Crippen molar-refractivity contribution >= 4 is 11.7 Å². The number of carbonyl (C=O) groups is 1. The van der Waals surface area contributed by atoms with Crippen LogP contribution in [0.5, 0.6) is 11.5 Å². The highest BCUT2D eigenvalue weighted by Gasteiger charge is 2.03. The Bertz CT molecular complexity index is 878. The van der Waals surface area contributed by atoms with Gasteiger partial charge in [0.25, 0.3) is 0 Å². The van der Waals surface area contributed by atoms with Gasteiger partial charge in [-0.05, 0) is 60.9 Å². The van der Waals surface area contributed by atoms with Gasteiger partial charge in [-0.1, -0.05) is 42.5 Å². The summed E-state index contributed by atoms with van der Waals surface area (Å²) in [5, 5.41) is 5.70. The second kappa shape index (κ2) is 10.8. The number of urea groups is 1. The Morgan fingerprint density at radius 3 is 2.14 bits per heavy atom. The zero-order chi connectivity index (χ0) is 20.3. The minimum atomic E-state index is -0.228. The van der Waals surface area contributed by atoms with Crippen LogP contribution >= 0.6 is 0 Å². The highest BCUT2D eigenvalue weighted by molar-refractivity contribution is 5.89. The van der Waals surface area contributed by atoms with Gasteiger partial charge in [0.1, 0.15) is 18.1 Å². The zero-order valence-corrected chi connectivity index (χ0v) is 16.6. The SMILES string of the molecule is CCOc1ccc(CCNC(=O)Nc2ccc(OCc3ccccc3)cc2)cc1. The molecule has 5 heteroatoms. The molecule has 3 rings (SSSR count). The molecule has 0 atom stereocenters. The monoisotopic (exact) mass is 390 g/mol. The van der Waals surface area contributed by atoms with Gasteiger partial charge in [-0.2, -0.15) is 0 Å². The molecule has 0 radical (unpaired) electrons. The van der Waals surface area contributed by atoms with E-state index in [0.29, 0.717) is 19.8 Å². The molecule has 0 bridgehead atoms. The number of rotatable bonds is 9. The molecule has 0 saturated heterocycles. The molecule has 29 heavy (non-hydrogen) atoms. The summed E-state index contributed by atoms with van der Waals surface area (Å²) in [6.07, 6.45) is 0.756. The van der Waals surface area contributed by atoms with E-state index < -0.39 is 0 Å². The second-order valence-corrected chi connectivity index (χ2v) is 6.51. The first-order valence-corrected chi connectivity index (χ1v) is 9.76. The summed E-state index contributed by atoms with van der Waals surface area (Å²) in [4.78, 5) is 12.1. The van der Waals surface area contributed by atoms with Crippen molar-refractivity contribution in [3.63, 3.8) is 0 Å². The van der Waals surface area contributed by atoms with Crippen molar-refractivity contribution in [3.05, 3.63) is 90.0 Å². The maximum atomic E-state index is 12.1. The fraction of sp³-hybridized carbons (Fsp3) is 0.208. The van der Waals surface area contributed by atoms with E-state index in [2.05, 4.69) is 10.6 Å². The summed E-state index contributed by atoms with van der Waals surface area (Å²) < 4.78 is 11.2. The minimum absolute atomic E-state index is 0.228. The summed E-state index contributed by atoms with van der Waals surface area (Å²) in [5.41, 5.74) is 2.98. The maximum absolute atomic E-state index is 12.1. The fourth-order valence-corrected chi connectivity index (χ4v) is 2.79. The third kappa shape index (κ3) is 6.88. The van der Waals surface area contributed by atoms with Gasteiger partial charge in [-0.15, -0.1) is 0 Å². The smallest absolute Gasteiger partial charge is 0.319 e. The van der Waals surface area contributed by atoms with Crippen molar-refractivity contribution in [3.8, 4) is 11.5 Å². The number of amides is 2. The molecular formula is C24H26N2O3. The molecule has 3 aromatic carbocycles. The van der Waals surface area contributed by atoms with E-state index in [0.717, 1.165) is 34.7 Å². The molecule has 0 aliphatic carbocycles. The topological polar surface area (TPSA) is 59.6 Å². The standard InChI is InChI=1S/C24H26N2O3/c1-2-28-22-12-8-19(9-13-22)16-17-25-24(27)26-21-10-14-23(15-11-21)29-18-20-6-4-3-5-7-20/h3-15H,2,16-18H2,1H3,(H2,25,26,27). The van der Waals surface area contributed by atoms with Crippen LogP contribution in [0.4, 0.5) is 10.5 Å². The minimum Gasteiger partial charge on any atom is -0.494 e. The van der Waals surface area contributed by atoms with Crippen LogP contribution in [-0.4, -0.2) is 19.2 Å². The van der Waals surface area contributed by atoms with Crippen LogP contribution in [0, 0.1) is 0 Å². The third-order valence-electron chi connectivity index (χ3n) is 4.29. The fourth-order valence-electron chi connectivity index (χ4n) is 2.79. The van der Waals surface area contributed by atoms with Gasteiger partial charge in [0.05, 0.1) is 6.61 Å². The lowest BCUT2D eigenvalue weighted by atomic mass is 10.1. The van der Waals surface area contributed by atoms with E-state index >= 15 is 0 Å². The van der Waals surface area contributed by atoms with Crippen molar-refractivity contribution < 1.29 is 14.3 Å². The molecule has 0 aliphatic heterocycles. The van der Waals surface area contributed by atoms with E-state index in [4.69, 9.17) is 9.47 Å². The molecule has 2 amide bonds. The van der Waals surface area contributed by atoms with E-state index in [1.165, 1.54) is 0 Å².